The number of rotatable bonds is 14. The zero-order valence-corrected chi connectivity index (χ0v) is 21.2. The lowest BCUT2D eigenvalue weighted by atomic mass is 9.82. The SMILES string of the molecule is CCO[Si](CCCCCC(C1=CCCCCC1)C1=CCCCCC1)(OCC)OCC. The summed E-state index contributed by atoms with van der Waals surface area (Å²) >= 11 is 0. The highest BCUT2D eigenvalue weighted by Gasteiger charge is 2.39. The van der Waals surface area contributed by atoms with Crippen LogP contribution in [0.2, 0.25) is 6.04 Å². The van der Waals surface area contributed by atoms with Gasteiger partial charge in [0.25, 0.3) is 0 Å². The van der Waals surface area contributed by atoms with Crippen molar-refractivity contribution in [3.05, 3.63) is 23.3 Å². The van der Waals surface area contributed by atoms with Gasteiger partial charge in [-0.25, -0.2) is 0 Å². The van der Waals surface area contributed by atoms with E-state index in [2.05, 4.69) is 12.2 Å². The molecular weight excluding hydrogens is 388 g/mol. The minimum Gasteiger partial charge on any atom is -0.374 e. The average Bonchev–Trinajstić information content (AvgIpc) is 3.17. The maximum absolute atomic E-state index is 6.03. The van der Waals surface area contributed by atoms with E-state index < -0.39 is 8.80 Å². The van der Waals surface area contributed by atoms with Crippen LogP contribution in [-0.4, -0.2) is 28.6 Å². The van der Waals surface area contributed by atoms with Crippen LogP contribution in [0.4, 0.5) is 0 Å². The third kappa shape index (κ3) is 8.98. The second-order valence-electron chi connectivity index (χ2n) is 8.89. The van der Waals surface area contributed by atoms with E-state index in [1.165, 1.54) is 83.5 Å². The van der Waals surface area contributed by atoms with Crippen LogP contribution >= 0.6 is 0 Å². The Hall–Kier alpha value is -0.423. The Morgan fingerprint density at radius 1 is 0.700 bits per heavy atom. The molecule has 30 heavy (non-hydrogen) atoms. The van der Waals surface area contributed by atoms with E-state index in [0.29, 0.717) is 25.7 Å². The molecule has 0 unspecified atom stereocenters. The fourth-order valence-corrected chi connectivity index (χ4v) is 7.87. The zero-order chi connectivity index (χ0) is 21.5. The normalized spacial score (nSPS) is 18.7. The third-order valence-electron chi connectivity index (χ3n) is 6.62. The van der Waals surface area contributed by atoms with Gasteiger partial charge in [0.15, 0.2) is 0 Å². The fourth-order valence-electron chi connectivity index (χ4n) is 5.19. The molecule has 0 heterocycles. The lowest BCUT2D eigenvalue weighted by Gasteiger charge is -2.28. The Morgan fingerprint density at radius 2 is 1.23 bits per heavy atom. The molecule has 0 aliphatic heterocycles. The van der Waals surface area contributed by atoms with Gasteiger partial charge in [-0.3, -0.25) is 0 Å². The van der Waals surface area contributed by atoms with Gasteiger partial charge < -0.3 is 13.3 Å². The predicted octanol–water partition coefficient (Wildman–Crippen LogP) is 7.99. The molecule has 4 heteroatoms. The first-order valence-corrected chi connectivity index (χ1v) is 15.0. The van der Waals surface area contributed by atoms with Crippen molar-refractivity contribution in [3.8, 4) is 0 Å². The number of hydrogen-bond acceptors (Lipinski definition) is 3. The van der Waals surface area contributed by atoms with Crippen molar-refractivity contribution < 1.29 is 13.3 Å². The van der Waals surface area contributed by atoms with Crippen molar-refractivity contribution in [2.75, 3.05) is 19.8 Å². The molecule has 0 aromatic rings. The van der Waals surface area contributed by atoms with Crippen LogP contribution in [0.3, 0.4) is 0 Å². The Kier molecular flexibility index (Phi) is 13.3. The summed E-state index contributed by atoms with van der Waals surface area (Å²) < 4.78 is 18.1. The largest absolute Gasteiger partial charge is 0.500 e. The molecule has 2 rings (SSSR count). The minimum absolute atomic E-state index is 0.677. The molecule has 3 nitrogen and oxygen atoms in total. The molecule has 0 saturated carbocycles. The lowest BCUT2D eigenvalue weighted by molar-refractivity contribution is 0.0706. The van der Waals surface area contributed by atoms with E-state index in [1.807, 2.05) is 20.8 Å². The molecular formula is C26H48O3Si. The van der Waals surface area contributed by atoms with Crippen LogP contribution in [0, 0.1) is 5.92 Å². The summed E-state index contributed by atoms with van der Waals surface area (Å²) in [4.78, 5) is 0. The molecule has 0 aromatic carbocycles. The van der Waals surface area contributed by atoms with Crippen molar-refractivity contribution in [2.45, 2.75) is 117 Å². The Labute approximate surface area is 188 Å². The standard InChI is InChI=1S/C26H48O3Si/c1-4-27-30(28-5-2,29-6-3)23-17-11-16-22-26(24-18-12-7-8-13-19-24)25-20-14-9-10-15-21-25/h18,20,26H,4-17,19,21-23H2,1-3H3. The van der Waals surface area contributed by atoms with Crippen molar-refractivity contribution in [1.29, 1.82) is 0 Å². The summed E-state index contributed by atoms with van der Waals surface area (Å²) in [6.07, 6.45) is 23.9. The summed E-state index contributed by atoms with van der Waals surface area (Å²) in [7, 11) is -2.47. The smallest absolute Gasteiger partial charge is 0.374 e. The quantitative estimate of drug-likeness (QED) is 0.157. The molecule has 0 bridgehead atoms. The Bertz CT molecular complexity index is 469. The van der Waals surface area contributed by atoms with Crippen LogP contribution in [-0.2, 0) is 13.3 Å². The summed E-state index contributed by atoms with van der Waals surface area (Å²) in [5, 5.41) is 0. The number of allylic oxidation sites excluding steroid dienone is 4. The molecule has 0 radical (unpaired) electrons. The van der Waals surface area contributed by atoms with Crippen molar-refractivity contribution in [3.63, 3.8) is 0 Å². The van der Waals surface area contributed by atoms with Gasteiger partial charge in [-0.1, -0.05) is 49.0 Å². The predicted molar refractivity (Wildman–Crippen MR) is 130 cm³/mol. The van der Waals surface area contributed by atoms with Gasteiger partial charge in [0.05, 0.1) is 0 Å². The maximum Gasteiger partial charge on any atom is 0.500 e. The summed E-state index contributed by atoms with van der Waals surface area (Å²) in [5.74, 6) is 0.717. The van der Waals surface area contributed by atoms with Crippen LogP contribution in [0.5, 0.6) is 0 Å². The third-order valence-corrected chi connectivity index (χ3v) is 9.77. The summed E-state index contributed by atoms with van der Waals surface area (Å²) in [6, 6.07) is 0.957. The van der Waals surface area contributed by atoms with Gasteiger partial charge >= 0.3 is 8.80 Å². The maximum atomic E-state index is 6.03. The number of unbranched alkanes of at least 4 members (excludes halogenated alkanes) is 2. The van der Waals surface area contributed by atoms with Crippen LogP contribution < -0.4 is 0 Å². The topological polar surface area (TPSA) is 27.7 Å². The van der Waals surface area contributed by atoms with Crippen molar-refractivity contribution in [2.24, 2.45) is 5.92 Å². The van der Waals surface area contributed by atoms with E-state index in [9.17, 15) is 0 Å². The monoisotopic (exact) mass is 436 g/mol. The molecule has 0 fully saturated rings. The van der Waals surface area contributed by atoms with Gasteiger partial charge in [-0.05, 0) is 85.0 Å². The van der Waals surface area contributed by atoms with Gasteiger partial charge in [0.1, 0.15) is 0 Å². The van der Waals surface area contributed by atoms with Crippen molar-refractivity contribution in [1.82, 2.24) is 0 Å². The van der Waals surface area contributed by atoms with Crippen LogP contribution in [0.1, 0.15) is 111 Å². The second-order valence-corrected chi connectivity index (χ2v) is 11.6. The first kappa shape index (κ1) is 25.8. The Balaban J connectivity index is 1.91. The first-order valence-electron chi connectivity index (χ1n) is 13.0. The molecule has 0 spiro atoms. The second kappa shape index (κ2) is 15.4. The van der Waals surface area contributed by atoms with Gasteiger partial charge in [0, 0.05) is 31.8 Å². The first-order chi connectivity index (χ1) is 14.7. The van der Waals surface area contributed by atoms with Gasteiger partial charge in [-0.15, -0.1) is 0 Å². The van der Waals surface area contributed by atoms with Crippen molar-refractivity contribution >= 4 is 8.80 Å². The van der Waals surface area contributed by atoms with Gasteiger partial charge in [-0.2, -0.15) is 0 Å². The molecule has 174 valence electrons. The Morgan fingerprint density at radius 3 is 1.73 bits per heavy atom. The number of hydrogen-bond donors (Lipinski definition) is 0. The lowest BCUT2D eigenvalue weighted by Crippen LogP contribution is -2.45. The average molecular weight is 437 g/mol. The molecule has 0 amide bonds. The highest BCUT2D eigenvalue weighted by atomic mass is 28.4. The zero-order valence-electron chi connectivity index (χ0n) is 20.2. The van der Waals surface area contributed by atoms with E-state index in [-0.39, 0.29) is 0 Å². The fraction of sp³-hybridized carbons (Fsp3) is 0.846. The molecule has 0 saturated heterocycles. The molecule has 2 aliphatic carbocycles. The minimum atomic E-state index is -2.47. The highest BCUT2D eigenvalue weighted by molar-refractivity contribution is 6.60. The summed E-state index contributed by atoms with van der Waals surface area (Å²) in [6.45, 7) is 8.17. The van der Waals surface area contributed by atoms with E-state index in [4.69, 9.17) is 13.3 Å². The van der Waals surface area contributed by atoms with E-state index >= 15 is 0 Å². The summed E-state index contributed by atoms with van der Waals surface area (Å²) in [5.41, 5.74) is 3.53. The highest BCUT2D eigenvalue weighted by Crippen LogP contribution is 2.36. The van der Waals surface area contributed by atoms with Crippen LogP contribution in [0.25, 0.3) is 0 Å². The molecule has 0 aromatic heterocycles. The van der Waals surface area contributed by atoms with Gasteiger partial charge in [0.2, 0.25) is 0 Å². The van der Waals surface area contributed by atoms with E-state index in [1.54, 1.807) is 11.1 Å². The van der Waals surface area contributed by atoms with Crippen LogP contribution in [0.15, 0.2) is 23.3 Å². The molecule has 0 N–H and O–H groups in total. The van der Waals surface area contributed by atoms with E-state index in [0.717, 1.165) is 12.5 Å². The molecule has 0 atom stereocenters. The molecule has 2 aliphatic rings.